The monoisotopic (exact) mass is 476 g/mol. The lowest BCUT2D eigenvalue weighted by Crippen LogP contribution is -2.33. The molecule has 0 aromatic heterocycles. The molecule has 0 spiro atoms. The van der Waals surface area contributed by atoms with E-state index in [9.17, 15) is 0 Å². The van der Waals surface area contributed by atoms with Crippen molar-refractivity contribution in [2.24, 2.45) is 0 Å². The summed E-state index contributed by atoms with van der Waals surface area (Å²) in [7, 11) is 0. The second-order valence-corrected chi connectivity index (χ2v) is 10.5. The average Bonchev–Trinajstić information content (AvgIpc) is 3.27. The van der Waals surface area contributed by atoms with E-state index in [-0.39, 0.29) is 18.3 Å². The van der Waals surface area contributed by atoms with Crippen LogP contribution in [0.5, 0.6) is 5.75 Å². The third-order valence-electron chi connectivity index (χ3n) is 8.34. The van der Waals surface area contributed by atoms with Crippen LogP contribution >= 0.6 is 0 Å². The predicted octanol–water partition coefficient (Wildman–Crippen LogP) is 9.22. The van der Waals surface area contributed by atoms with Crippen LogP contribution in [0.15, 0.2) is 84.9 Å². The zero-order valence-corrected chi connectivity index (χ0v) is 21.5. The molecule has 4 aromatic carbocycles. The lowest BCUT2D eigenvalue weighted by molar-refractivity contribution is -0.134. The molecule has 1 fully saturated rings. The van der Waals surface area contributed by atoms with Gasteiger partial charge in [0, 0.05) is 5.39 Å². The minimum atomic E-state index is -0.379. The summed E-state index contributed by atoms with van der Waals surface area (Å²) in [4.78, 5) is 0. The standard InChI is InChI=1S/C34H36O2/c1-3-23(2)25-21-22-32(29-18-10-7-15-26(25)29)36-34(35-24-13-5-4-6-14-24)33-30-19-11-8-16-27(30)28-17-9-12-20-31(28)33/h7-12,15-24,33-34H,3-6,13-14H2,1-2H3. The highest BCUT2D eigenvalue weighted by molar-refractivity contribution is 5.91. The van der Waals surface area contributed by atoms with Gasteiger partial charge in [-0.1, -0.05) is 112 Å². The first kappa shape index (κ1) is 23.3. The number of hydrogen-bond acceptors (Lipinski definition) is 2. The molecule has 1 saturated carbocycles. The van der Waals surface area contributed by atoms with E-state index in [0.29, 0.717) is 5.92 Å². The summed E-state index contributed by atoms with van der Waals surface area (Å²) in [6, 6.07) is 30.7. The quantitative estimate of drug-likeness (QED) is 0.247. The van der Waals surface area contributed by atoms with Gasteiger partial charge in [-0.25, -0.2) is 0 Å². The summed E-state index contributed by atoms with van der Waals surface area (Å²) in [5, 5.41) is 2.46. The van der Waals surface area contributed by atoms with Crippen LogP contribution in [-0.4, -0.2) is 12.4 Å². The Hall–Kier alpha value is -3.10. The highest BCUT2D eigenvalue weighted by Crippen LogP contribution is 2.48. The molecular weight excluding hydrogens is 440 g/mol. The Morgan fingerprint density at radius 1 is 0.722 bits per heavy atom. The van der Waals surface area contributed by atoms with Gasteiger partial charge in [-0.3, -0.25) is 0 Å². The van der Waals surface area contributed by atoms with Gasteiger partial charge in [-0.2, -0.15) is 0 Å². The first-order valence-corrected chi connectivity index (χ1v) is 13.8. The third-order valence-corrected chi connectivity index (χ3v) is 8.34. The molecule has 2 aliphatic rings. The van der Waals surface area contributed by atoms with E-state index >= 15 is 0 Å². The van der Waals surface area contributed by atoms with E-state index < -0.39 is 0 Å². The van der Waals surface area contributed by atoms with Crippen molar-refractivity contribution in [3.05, 3.63) is 102 Å². The van der Waals surface area contributed by atoms with Crippen molar-refractivity contribution in [3.63, 3.8) is 0 Å². The molecule has 0 radical (unpaired) electrons. The number of hydrogen-bond donors (Lipinski definition) is 0. The van der Waals surface area contributed by atoms with Gasteiger partial charge < -0.3 is 9.47 Å². The maximum absolute atomic E-state index is 6.97. The number of benzene rings is 4. The fourth-order valence-corrected chi connectivity index (χ4v) is 6.23. The summed E-state index contributed by atoms with van der Waals surface area (Å²) in [6.45, 7) is 4.57. The predicted molar refractivity (Wildman–Crippen MR) is 149 cm³/mol. The molecule has 0 saturated heterocycles. The molecule has 0 aliphatic heterocycles. The molecular formula is C34H36O2. The smallest absolute Gasteiger partial charge is 0.211 e. The van der Waals surface area contributed by atoms with E-state index in [1.807, 2.05) is 0 Å². The second-order valence-electron chi connectivity index (χ2n) is 10.5. The van der Waals surface area contributed by atoms with Crippen LogP contribution < -0.4 is 4.74 Å². The van der Waals surface area contributed by atoms with Gasteiger partial charge in [-0.05, 0) is 64.5 Å². The third kappa shape index (κ3) is 4.22. The van der Waals surface area contributed by atoms with Gasteiger partial charge in [0.15, 0.2) is 0 Å². The minimum Gasteiger partial charge on any atom is -0.463 e. The van der Waals surface area contributed by atoms with Gasteiger partial charge in [0.25, 0.3) is 0 Å². The number of fused-ring (bicyclic) bond motifs is 4. The van der Waals surface area contributed by atoms with Crippen LogP contribution in [0.2, 0.25) is 0 Å². The largest absolute Gasteiger partial charge is 0.463 e. The fourth-order valence-electron chi connectivity index (χ4n) is 6.23. The Bertz CT molecular complexity index is 1300. The summed E-state index contributed by atoms with van der Waals surface area (Å²) in [6.07, 6.45) is 7.00. The van der Waals surface area contributed by atoms with Crippen molar-refractivity contribution < 1.29 is 9.47 Å². The van der Waals surface area contributed by atoms with E-state index in [4.69, 9.17) is 9.47 Å². The lowest BCUT2D eigenvalue weighted by Gasteiger charge is -2.32. The highest BCUT2D eigenvalue weighted by Gasteiger charge is 2.38. The molecule has 6 rings (SSSR count). The van der Waals surface area contributed by atoms with E-state index in [0.717, 1.165) is 25.0 Å². The normalized spacial score (nSPS) is 17.5. The summed E-state index contributed by atoms with van der Waals surface area (Å²) < 4.78 is 13.9. The summed E-state index contributed by atoms with van der Waals surface area (Å²) >= 11 is 0. The Morgan fingerprint density at radius 2 is 1.33 bits per heavy atom. The van der Waals surface area contributed by atoms with Gasteiger partial charge in [0.2, 0.25) is 6.29 Å². The molecule has 0 heterocycles. The van der Waals surface area contributed by atoms with Crippen molar-refractivity contribution in [3.8, 4) is 16.9 Å². The van der Waals surface area contributed by atoms with Gasteiger partial charge in [0.1, 0.15) is 5.75 Å². The lowest BCUT2D eigenvalue weighted by atomic mass is 9.92. The molecule has 0 amide bonds. The molecule has 2 atom stereocenters. The maximum atomic E-state index is 6.97. The maximum Gasteiger partial charge on any atom is 0.211 e. The molecule has 2 nitrogen and oxygen atoms in total. The van der Waals surface area contributed by atoms with Gasteiger partial charge in [-0.15, -0.1) is 0 Å². The minimum absolute atomic E-state index is 0.0485. The Balaban J connectivity index is 1.44. The molecule has 2 heteroatoms. The zero-order valence-electron chi connectivity index (χ0n) is 21.5. The van der Waals surface area contributed by atoms with Crippen LogP contribution in [0.3, 0.4) is 0 Å². The van der Waals surface area contributed by atoms with Crippen molar-refractivity contribution >= 4 is 10.8 Å². The first-order chi connectivity index (χ1) is 17.7. The molecule has 0 N–H and O–H groups in total. The van der Waals surface area contributed by atoms with Gasteiger partial charge >= 0.3 is 0 Å². The van der Waals surface area contributed by atoms with Crippen LogP contribution in [0.25, 0.3) is 21.9 Å². The zero-order chi connectivity index (χ0) is 24.5. The number of ether oxygens (including phenoxy) is 2. The molecule has 2 aliphatic carbocycles. The molecule has 184 valence electrons. The fraction of sp³-hybridized carbons (Fsp3) is 0.353. The summed E-state index contributed by atoms with van der Waals surface area (Å²) in [5.41, 5.74) is 6.61. The van der Waals surface area contributed by atoms with E-state index in [1.54, 1.807) is 0 Å². The molecule has 2 unspecified atom stereocenters. The van der Waals surface area contributed by atoms with E-state index in [1.165, 1.54) is 57.9 Å². The summed E-state index contributed by atoms with van der Waals surface area (Å²) in [5.74, 6) is 1.47. The first-order valence-electron chi connectivity index (χ1n) is 13.8. The molecule has 36 heavy (non-hydrogen) atoms. The van der Waals surface area contributed by atoms with E-state index in [2.05, 4.69) is 98.8 Å². The van der Waals surface area contributed by atoms with Gasteiger partial charge in [0.05, 0.1) is 12.0 Å². The Labute approximate surface area is 215 Å². The number of rotatable bonds is 7. The van der Waals surface area contributed by atoms with Crippen LogP contribution in [0.1, 0.15) is 80.9 Å². The molecule has 4 aromatic rings. The van der Waals surface area contributed by atoms with Crippen molar-refractivity contribution in [2.75, 3.05) is 0 Å². The second kappa shape index (κ2) is 10.1. The topological polar surface area (TPSA) is 18.5 Å². The van der Waals surface area contributed by atoms with Crippen LogP contribution in [0.4, 0.5) is 0 Å². The highest BCUT2D eigenvalue weighted by atomic mass is 16.7. The van der Waals surface area contributed by atoms with Crippen molar-refractivity contribution in [1.29, 1.82) is 0 Å². The Kier molecular flexibility index (Phi) is 6.54. The molecule has 0 bridgehead atoms. The van der Waals surface area contributed by atoms with Crippen molar-refractivity contribution in [2.45, 2.75) is 76.6 Å². The van der Waals surface area contributed by atoms with Crippen LogP contribution in [-0.2, 0) is 4.74 Å². The SMILES string of the molecule is CCC(C)c1ccc(OC(OC2CCCCC2)C2c3ccccc3-c3ccccc32)c2ccccc12. The average molecular weight is 477 g/mol. The van der Waals surface area contributed by atoms with Crippen LogP contribution in [0, 0.1) is 0 Å². The Morgan fingerprint density at radius 3 is 2.00 bits per heavy atom. The van der Waals surface area contributed by atoms with Crippen molar-refractivity contribution in [1.82, 2.24) is 0 Å².